The van der Waals surface area contributed by atoms with Crippen LogP contribution in [0.2, 0.25) is 0 Å². The molecule has 144 valence electrons. The first-order valence-electron chi connectivity index (χ1n) is 8.81. The Morgan fingerprint density at radius 2 is 1.86 bits per heavy atom. The average Bonchev–Trinajstić information content (AvgIpc) is 3.04. The summed E-state index contributed by atoms with van der Waals surface area (Å²) in [4.78, 5) is 14.7. The van der Waals surface area contributed by atoms with E-state index in [1.807, 2.05) is 68.5 Å². The molecule has 0 radical (unpaired) electrons. The Morgan fingerprint density at radius 3 is 2.50 bits per heavy atom. The first-order chi connectivity index (χ1) is 13.5. The highest BCUT2D eigenvalue weighted by Gasteiger charge is 2.09. The quantitative estimate of drug-likeness (QED) is 0.211. The maximum absolute atomic E-state index is 12.5. The molecule has 0 fully saturated rings. The standard InChI is InChI=1S/C23H21IO3S/c1-15-12-21(16(2)28-15)22(25)10-4-17-5-11-23(26-3)18(13-17)14-27-20-8-6-19(24)7-9-20/h4-13H,14H2,1-3H3/b10-4+. The number of allylic oxidation sites excluding steroid dienone is 1. The van der Waals surface area contributed by atoms with Gasteiger partial charge in [-0.05, 0) is 90.5 Å². The van der Waals surface area contributed by atoms with Crippen LogP contribution in [0.5, 0.6) is 11.5 Å². The van der Waals surface area contributed by atoms with Crippen LogP contribution in [-0.2, 0) is 6.61 Å². The molecule has 3 aromatic rings. The first kappa shape index (κ1) is 20.6. The SMILES string of the molecule is COc1ccc(/C=C/C(=O)c2cc(C)sc2C)cc1COc1ccc(I)cc1. The number of methoxy groups -OCH3 is 1. The normalized spacial score (nSPS) is 11.0. The Kier molecular flexibility index (Phi) is 6.91. The molecule has 0 amide bonds. The van der Waals surface area contributed by atoms with Gasteiger partial charge in [-0.1, -0.05) is 12.1 Å². The molecule has 3 nitrogen and oxygen atoms in total. The lowest BCUT2D eigenvalue weighted by Gasteiger charge is -2.11. The average molecular weight is 504 g/mol. The molecule has 0 aliphatic rings. The van der Waals surface area contributed by atoms with Crippen LogP contribution in [-0.4, -0.2) is 12.9 Å². The van der Waals surface area contributed by atoms with Gasteiger partial charge in [0.15, 0.2) is 5.78 Å². The van der Waals surface area contributed by atoms with Crippen LogP contribution in [0.4, 0.5) is 0 Å². The molecule has 1 aromatic heterocycles. The van der Waals surface area contributed by atoms with Crippen molar-refractivity contribution in [1.29, 1.82) is 0 Å². The number of rotatable bonds is 7. The fourth-order valence-electron chi connectivity index (χ4n) is 2.84. The minimum atomic E-state index is 0.0226. The van der Waals surface area contributed by atoms with Crippen LogP contribution in [0, 0.1) is 17.4 Å². The summed E-state index contributed by atoms with van der Waals surface area (Å²) in [6.45, 7) is 4.38. The van der Waals surface area contributed by atoms with Crippen LogP contribution < -0.4 is 9.47 Å². The van der Waals surface area contributed by atoms with Gasteiger partial charge in [-0.15, -0.1) is 11.3 Å². The predicted molar refractivity (Wildman–Crippen MR) is 124 cm³/mol. The van der Waals surface area contributed by atoms with E-state index in [1.54, 1.807) is 24.5 Å². The van der Waals surface area contributed by atoms with Crippen LogP contribution in [0.1, 0.15) is 31.2 Å². The third kappa shape index (κ3) is 5.23. The molecule has 28 heavy (non-hydrogen) atoms. The lowest BCUT2D eigenvalue weighted by Crippen LogP contribution is -1.99. The topological polar surface area (TPSA) is 35.5 Å². The molecule has 0 aliphatic heterocycles. The van der Waals surface area contributed by atoms with E-state index in [0.29, 0.717) is 6.61 Å². The molecule has 0 unspecified atom stereocenters. The molecule has 0 bridgehead atoms. The van der Waals surface area contributed by atoms with E-state index in [-0.39, 0.29) is 5.78 Å². The summed E-state index contributed by atoms with van der Waals surface area (Å²) >= 11 is 3.91. The molecular weight excluding hydrogens is 483 g/mol. The number of carbonyl (C=O) groups is 1. The summed E-state index contributed by atoms with van der Waals surface area (Å²) in [7, 11) is 1.64. The third-order valence-electron chi connectivity index (χ3n) is 4.25. The molecule has 1 heterocycles. The summed E-state index contributed by atoms with van der Waals surface area (Å²) < 4.78 is 12.5. The molecular formula is C23H21IO3S. The number of hydrogen-bond acceptors (Lipinski definition) is 4. The number of ether oxygens (including phenoxy) is 2. The minimum absolute atomic E-state index is 0.0226. The van der Waals surface area contributed by atoms with Crippen LogP contribution >= 0.6 is 33.9 Å². The van der Waals surface area contributed by atoms with Gasteiger partial charge in [0.2, 0.25) is 0 Å². The van der Waals surface area contributed by atoms with Crippen molar-refractivity contribution < 1.29 is 14.3 Å². The second-order valence-corrected chi connectivity index (χ2v) is 9.04. The summed E-state index contributed by atoms with van der Waals surface area (Å²) in [5, 5.41) is 0. The maximum Gasteiger partial charge on any atom is 0.186 e. The van der Waals surface area contributed by atoms with Gasteiger partial charge in [0, 0.05) is 24.5 Å². The Morgan fingerprint density at radius 1 is 1.11 bits per heavy atom. The molecule has 0 saturated heterocycles. The van der Waals surface area contributed by atoms with Crippen molar-refractivity contribution >= 4 is 45.8 Å². The zero-order valence-electron chi connectivity index (χ0n) is 16.0. The fraction of sp³-hybridized carbons (Fsp3) is 0.174. The van der Waals surface area contributed by atoms with Crippen LogP contribution in [0.15, 0.2) is 54.6 Å². The molecule has 0 atom stereocenters. The van der Waals surface area contributed by atoms with Crippen molar-refractivity contribution in [3.63, 3.8) is 0 Å². The van der Waals surface area contributed by atoms with Gasteiger partial charge in [0.05, 0.1) is 7.11 Å². The molecule has 5 heteroatoms. The molecule has 0 saturated carbocycles. The maximum atomic E-state index is 12.5. The molecule has 0 N–H and O–H groups in total. The second-order valence-electron chi connectivity index (χ2n) is 6.34. The van der Waals surface area contributed by atoms with E-state index in [1.165, 1.54) is 0 Å². The van der Waals surface area contributed by atoms with Crippen LogP contribution in [0.25, 0.3) is 6.08 Å². The van der Waals surface area contributed by atoms with Crippen molar-refractivity contribution in [1.82, 2.24) is 0 Å². The largest absolute Gasteiger partial charge is 0.496 e. The lowest BCUT2D eigenvalue weighted by molar-refractivity contribution is 0.104. The molecule has 0 spiro atoms. The summed E-state index contributed by atoms with van der Waals surface area (Å²) in [6, 6.07) is 15.7. The monoisotopic (exact) mass is 504 g/mol. The highest BCUT2D eigenvalue weighted by atomic mass is 127. The van der Waals surface area contributed by atoms with Gasteiger partial charge in [-0.2, -0.15) is 0 Å². The Labute approximate surface area is 183 Å². The first-order valence-corrected chi connectivity index (χ1v) is 10.7. The Balaban J connectivity index is 1.75. The lowest BCUT2D eigenvalue weighted by atomic mass is 10.1. The molecule has 0 aliphatic carbocycles. The number of aryl methyl sites for hydroxylation is 2. The highest BCUT2D eigenvalue weighted by Crippen LogP contribution is 2.24. The molecule has 2 aromatic carbocycles. The summed E-state index contributed by atoms with van der Waals surface area (Å²) in [5.41, 5.74) is 2.63. The van der Waals surface area contributed by atoms with E-state index >= 15 is 0 Å². The summed E-state index contributed by atoms with van der Waals surface area (Å²) in [5.74, 6) is 1.59. The number of ketones is 1. The van der Waals surface area contributed by atoms with Crippen molar-refractivity contribution in [2.24, 2.45) is 0 Å². The van der Waals surface area contributed by atoms with Gasteiger partial charge in [0.1, 0.15) is 18.1 Å². The fourth-order valence-corrected chi connectivity index (χ4v) is 4.13. The minimum Gasteiger partial charge on any atom is -0.496 e. The van der Waals surface area contributed by atoms with Gasteiger partial charge in [-0.3, -0.25) is 4.79 Å². The van der Waals surface area contributed by atoms with E-state index in [0.717, 1.165) is 41.5 Å². The number of halogens is 1. The van der Waals surface area contributed by atoms with Crippen LogP contribution in [0.3, 0.4) is 0 Å². The van der Waals surface area contributed by atoms with Gasteiger partial charge < -0.3 is 9.47 Å². The number of carbonyl (C=O) groups excluding carboxylic acids is 1. The molecule has 3 rings (SSSR count). The van der Waals surface area contributed by atoms with E-state index < -0.39 is 0 Å². The number of benzene rings is 2. The van der Waals surface area contributed by atoms with Gasteiger partial charge in [0.25, 0.3) is 0 Å². The van der Waals surface area contributed by atoms with E-state index in [9.17, 15) is 4.79 Å². The zero-order valence-corrected chi connectivity index (χ0v) is 19.0. The highest BCUT2D eigenvalue weighted by molar-refractivity contribution is 14.1. The van der Waals surface area contributed by atoms with Crippen molar-refractivity contribution in [2.75, 3.05) is 7.11 Å². The van der Waals surface area contributed by atoms with E-state index in [4.69, 9.17) is 9.47 Å². The number of hydrogen-bond donors (Lipinski definition) is 0. The predicted octanol–water partition coefficient (Wildman–Crippen LogP) is 6.45. The third-order valence-corrected chi connectivity index (χ3v) is 5.93. The van der Waals surface area contributed by atoms with Gasteiger partial charge in [-0.25, -0.2) is 0 Å². The second kappa shape index (κ2) is 9.39. The van der Waals surface area contributed by atoms with Crippen molar-refractivity contribution in [2.45, 2.75) is 20.5 Å². The number of thiophene rings is 1. The van der Waals surface area contributed by atoms with Crippen molar-refractivity contribution in [3.8, 4) is 11.5 Å². The van der Waals surface area contributed by atoms with Crippen molar-refractivity contribution in [3.05, 3.63) is 84.6 Å². The Bertz CT molecular complexity index is 1000. The van der Waals surface area contributed by atoms with E-state index in [2.05, 4.69) is 22.6 Å². The zero-order chi connectivity index (χ0) is 20.1. The van der Waals surface area contributed by atoms with Gasteiger partial charge >= 0.3 is 0 Å². The Hall–Kier alpha value is -2.12. The smallest absolute Gasteiger partial charge is 0.186 e. The summed E-state index contributed by atoms with van der Waals surface area (Å²) in [6.07, 6.45) is 3.46.